The first-order valence-electron chi connectivity index (χ1n) is 7.11. The van der Waals surface area contributed by atoms with Crippen LogP contribution in [0, 0.1) is 17.0 Å². The summed E-state index contributed by atoms with van der Waals surface area (Å²) in [6.45, 7) is 7.76. The number of carboxylic acid groups (broad SMARTS) is 1. The molecule has 0 aliphatic rings. The van der Waals surface area contributed by atoms with Gasteiger partial charge in [0.25, 0.3) is 5.69 Å². The molecule has 0 atom stereocenters. The summed E-state index contributed by atoms with van der Waals surface area (Å²) >= 11 is 0. The third-order valence-electron chi connectivity index (χ3n) is 3.64. The van der Waals surface area contributed by atoms with Gasteiger partial charge in [0.15, 0.2) is 0 Å². The van der Waals surface area contributed by atoms with E-state index in [1.165, 1.54) is 6.92 Å². The molecular weight excluding hydrogens is 296 g/mol. The van der Waals surface area contributed by atoms with Crippen molar-refractivity contribution in [1.82, 2.24) is 4.98 Å². The van der Waals surface area contributed by atoms with Gasteiger partial charge in [0.2, 0.25) is 0 Å². The molecule has 0 amide bonds. The Bertz CT molecular complexity index is 774. The van der Waals surface area contributed by atoms with Crippen LogP contribution in [0.3, 0.4) is 0 Å². The van der Waals surface area contributed by atoms with Crippen LogP contribution in [0.15, 0.2) is 30.3 Å². The molecule has 0 saturated heterocycles. The van der Waals surface area contributed by atoms with Crippen molar-refractivity contribution in [2.75, 3.05) is 0 Å². The molecule has 0 spiro atoms. The van der Waals surface area contributed by atoms with Crippen molar-refractivity contribution in [2.45, 2.75) is 33.1 Å². The lowest BCUT2D eigenvalue weighted by molar-refractivity contribution is -0.384. The third kappa shape index (κ3) is 3.36. The Labute approximate surface area is 134 Å². The number of carbonyl (C=O) groups is 1. The lowest BCUT2D eigenvalue weighted by Crippen LogP contribution is -2.10. The standard InChI is InChI=1S/C17H18N2O4/c1-10-13(16(20)21)9-14(19(22)23)15(18-10)11-5-7-12(8-6-11)17(2,3)4/h5-9H,1-4H3,(H,20,21). The summed E-state index contributed by atoms with van der Waals surface area (Å²) in [5.41, 5.74) is 1.62. The molecule has 0 radical (unpaired) electrons. The van der Waals surface area contributed by atoms with Gasteiger partial charge < -0.3 is 5.11 Å². The zero-order chi connectivity index (χ0) is 17.4. The molecule has 6 nitrogen and oxygen atoms in total. The van der Waals surface area contributed by atoms with Crippen LogP contribution in [0.2, 0.25) is 0 Å². The molecule has 2 aromatic rings. The van der Waals surface area contributed by atoms with E-state index in [2.05, 4.69) is 25.8 Å². The average molecular weight is 314 g/mol. The molecule has 120 valence electrons. The van der Waals surface area contributed by atoms with E-state index < -0.39 is 10.9 Å². The third-order valence-corrected chi connectivity index (χ3v) is 3.64. The van der Waals surface area contributed by atoms with E-state index >= 15 is 0 Å². The summed E-state index contributed by atoms with van der Waals surface area (Å²) in [6.07, 6.45) is 0. The van der Waals surface area contributed by atoms with E-state index in [1.807, 2.05) is 12.1 Å². The molecule has 1 aromatic carbocycles. The van der Waals surface area contributed by atoms with Gasteiger partial charge in [0, 0.05) is 11.6 Å². The van der Waals surface area contributed by atoms with E-state index in [4.69, 9.17) is 5.11 Å². The van der Waals surface area contributed by atoms with Crippen LogP contribution in [0.1, 0.15) is 42.4 Å². The van der Waals surface area contributed by atoms with Gasteiger partial charge in [0.05, 0.1) is 16.2 Å². The normalized spacial score (nSPS) is 11.3. The SMILES string of the molecule is Cc1nc(-c2ccc(C(C)(C)C)cc2)c([N+](=O)[O-])cc1C(=O)O. The van der Waals surface area contributed by atoms with Gasteiger partial charge >= 0.3 is 5.97 Å². The predicted octanol–water partition coefficient (Wildman–Crippen LogP) is 3.96. The zero-order valence-electron chi connectivity index (χ0n) is 13.5. The van der Waals surface area contributed by atoms with E-state index in [0.29, 0.717) is 5.56 Å². The number of hydrogen-bond donors (Lipinski definition) is 1. The highest BCUT2D eigenvalue weighted by Gasteiger charge is 2.23. The van der Waals surface area contributed by atoms with Crippen molar-refractivity contribution in [3.8, 4) is 11.3 Å². The lowest BCUT2D eigenvalue weighted by Gasteiger charge is -2.19. The monoisotopic (exact) mass is 314 g/mol. The fraction of sp³-hybridized carbons (Fsp3) is 0.294. The number of nitrogens with zero attached hydrogens (tertiary/aromatic N) is 2. The first-order chi connectivity index (χ1) is 10.6. The molecule has 0 aliphatic carbocycles. The summed E-state index contributed by atoms with van der Waals surface area (Å²) in [5.74, 6) is -1.23. The van der Waals surface area contributed by atoms with Crippen molar-refractivity contribution in [3.05, 3.63) is 57.3 Å². The maximum absolute atomic E-state index is 11.3. The second kappa shape index (κ2) is 5.79. The Morgan fingerprint density at radius 3 is 2.22 bits per heavy atom. The maximum atomic E-state index is 11.3. The first kappa shape index (κ1) is 16.6. The number of aryl methyl sites for hydroxylation is 1. The largest absolute Gasteiger partial charge is 0.478 e. The number of hydrogen-bond acceptors (Lipinski definition) is 4. The first-order valence-corrected chi connectivity index (χ1v) is 7.11. The molecule has 0 saturated carbocycles. The van der Waals surface area contributed by atoms with E-state index in [1.54, 1.807) is 12.1 Å². The van der Waals surface area contributed by atoms with Crippen LogP contribution < -0.4 is 0 Å². The Morgan fingerprint density at radius 1 is 1.22 bits per heavy atom. The molecule has 0 fully saturated rings. The Hall–Kier alpha value is -2.76. The van der Waals surface area contributed by atoms with Gasteiger partial charge in [-0.2, -0.15) is 0 Å². The molecule has 6 heteroatoms. The second-order valence-electron chi connectivity index (χ2n) is 6.38. The minimum absolute atomic E-state index is 0.0268. The van der Waals surface area contributed by atoms with E-state index in [9.17, 15) is 14.9 Å². The van der Waals surface area contributed by atoms with Crippen molar-refractivity contribution < 1.29 is 14.8 Å². The molecule has 0 unspecified atom stereocenters. The highest BCUT2D eigenvalue weighted by Crippen LogP contribution is 2.31. The minimum atomic E-state index is -1.23. The van der Waals surface area contributed by atoms with Crippen LogP contribution in [0.25, 0.3) is 11.3 Å². The maximum Gasteiger partial charge on any atom is 0.337 e. The van der Waals surface area contributed by atoms with Crippen LogP contribution in [0.4, 0.5) is 5.69 Å². The summed E-state index contributed by atoms with van der Waals surface area (Å²) in [5, 5.41) is 20.4. The van der Waals surface area contributed by atoms with Gasteiger partial charge in [-0.15, -0.1) is 0 Å². The fourth-order valence-electron chi connectivity index (χ4n) is 2.29. The topological polar surface area (TPSA) is 93.3 Å². The number of rotatable bonds is 3. The number of pyridine rings is 1. The van der Waals surface area contributed by atoms with Crippen LogP contribution in [-0.2, 0) is 5.41 Å². The molecule has 1 N–H and O–H groups in total. The summed E-state index contributed by atoms with van der Waals surface area (Å²) < 4.78 is 0. The van der Waals surface area contributed by atoms with Gasteiger partial charge in [0.1, 0.15) is 5.69 Å². The van der Waals surface area contributed by atoms with Crippen LogP contribution >= 0.6 is 0 Å². The van der Waals surface area contributed by atoms with Crippen molar-refractivity contribution >= 4 is 11.7 Å². The van der Waals surface area contributed by atoms with Gasteiger partial charge in [-0.05, 0) is 17.9 Å². The molecule has 2 rings (SSSR count). The summed E-state index contributed by atoms with van der Waals surface area (Å²) in [4.78, 5) is 26.0. The quantitative estimate of drug-likeness (QED) is 0.683. The van der Waals surface area contributed by atoms with E-state index in [0.717, 1.165) is 11.6 Å². The molecule has 23 heavy (non-hydrogen) atoms. The molecular formula is C17H18N2O4. The number of benzene rings is 1. The highest BCUT2D eigenvalue weighted by molar-refractivity contribution is 5.91. The molecule has 0 aliphatic heterocycles. The minimum Gasteiger partial charge on any atom is -0.478 e. The Balaban J connectivity index is 2.61. The van der Waals surface area contributed by atoms with Crippen molar-refractivity contribution in [3.63, 3.8) is 0 Å². The number of aromatic carboxylic acids is 1. The number of carboxylic acids is 1. The lowest BCUT2D eigenvalue weighted by atomic mass is 9.86. The second-order valence-corrected chi connectivity index (χ2v) is 6.38. The fourth-order valence-corrected chi connectivity index (χ4v) is 2.29. The van der Waals surface area contributed by atoms with Crippen molar-refractivity contribution in [2.24, 2.45) is 0 Å². The zero-order valence-corrected chi connectivity index (χ0v) is 13.5. The smallest absolute Gasteiger partial charge is 0.337 e. The molecule has 1 aromatic heterocycles. The van der Waals surface area contributed by atoms with Crippen LogP contribution in [0.5, 0.6) is 0 Å². The van der Waals surface area contributed by atoms with Gasteiger partial charge in [-0.1, -0.05) is 45.0 Å². The predicted molar refractivity (Wildman–Crippen MR) is 86.7 cm³/mol. The van der Waals surface area contributed by atoms with Crippen molar-refractivity contribution in [1.29, 1.82) is 0 Å². The Kier molecular flexibility index (Phi) is 4.18. The van der Waals surface area contributed by atoms with Gasteiger partial charge in [-0.3, -0.25) is 10.1 Å². The van der Waals surface area contributed by atoms with Gasteiger partial charge in [-0.25, -0.2) is 9.78 Å². The summed E-state index contributed by atoms with van der Waals surface area (Å²) in [7, 11) is 0. The molecule has 0 bridgehead atoms. The number of nitro groups is 1. The highest BCUT2D eigenvalue weighted by atomic mass is 16.6. The molecule has 1 heterocycles. The number of aromatic nitrogens is 1. The summed E-state index contributed by atoms with van der Waals surface area (Å²) in [6, 6.07) is 8.42. The average Bonchev–Trinajstić information content (AvgIpc) is 2.45. The van der Waals surface area contributed by atoms with E-state index in [-0.39, 0.29) is 28.1 Å². The Morgan fingerprint density at radius 2 is 1.78 bits per heavy atom. The van der Waals surface area contributed by atoms with Crippen LogP contribution in [-0.4, -0.2) is 21.0 Å².